The molecule has 3 unspecified atom stereocenters. The van der Waals surface area contributed by atoms with Crippen molar-refractivity contribution in [3.8, 4) is 0 Å². The minimum Gasteiger partial charge on any atom is -0.375 e. The van der Waals surface area contributed by atoms with E-state index in [2.05, 4.69) is 18.7 Å². The summed E-state index contributed by atoms with van der Waals surface area (Å²) in [6.07, 6.45) is 8.98. The molecule has 0 aromatic carbocycles. The maximum atomic E-state index is 6.61. The van der Waals surface area contributed by atoms with Gasteiger partial charge in [-0.15, -0.1) is 0 Å². The van der Waals surface area contributed by atoms with Gasteiger partial charge in [0.15, 0.2) is 0 Å². The van der Waals surface area contributed by atoms with Gasteiger partial charge in [-0.05, 0) is 63.5 Å². The van der Waals surface area contributed by atoms with Crippen LogP contribution in [0.5, 0.6) is 0 Å². The maximum absolute atomic E-state index is 6.61. The van der Waals surface area contributed by atoms with Crippen molar-refractivity contribution in [1.29, 1.82) is 0 Å². The van der Waals surface area contributed by atoms with Crippen LogP contribution in [0.1, 0.15) is 51.9 Å². The van der Waals surface area contributed by atoms with Crippen molar-refractivity contribution >= 4 is 11.8 Å². The lowest BCUT2D eigenvalue weighted by molar-refractivity contribution is -0.146. The number of thioether (sulfide) groups is 1. The molecule has 3 atom stereocenters. The van der Waals surface area contributed by atoms with Gasteiger partial charge in [-0.3, -0.25) is 0 Å². The van der Waals surface area contributed by atoms with Crippen molar-refractivity contribution in [3.05, 3.63) is 0 Å². The summed E-state index contributed by atoms with van der Waals surface area (Å²) in [5, 5.41) is 0. The van der Waals surface area contributed by atoms with Crippen molar-refractivity contribution in [1.82, 2.24) is 0 Å². The van der Waals surface area contributed by atoms with Crippen LogP contribution in [0.25, 0.3) is 0 Å². The Bertz CT molecular complexity index is 284. The van der Waals surface area contributed by atoms with E-state index in [0.29, 0.717) is 16.7 Å². The van der Waals surface area contributed by atoms with Gasteiger partial charge in [0.05, 0.1) is 5.60 Å². The molecule has 0 amide bonds. The van der Waals surface area contributed by atoms with Crippen molar-refractivity contribution < 1.29 is 4.74 Å². The molecule has 1 spiro atoms. The minimum atomic E-state index is 0.250. The standard InChI is InChI=1S/C14H25NOS/c1-13(5-3-9-17-13)12(15)11-4-8-16-14(10-11)6-2-7-14/h11-12H,2-10,15H2,1H3. The van der Waals surface area contributed by atoms with E-state index in [9.17, 15) is 0 Å². The summed E-state index contributed by atoms with van der Waals surface area (Å²) in [5.74, 6) is 2.00. The van der Waals surface area contributed by atoms with Gasteiger partial charge in [0.25, 0.3) is 0 Å². The van der Waals surface area contributed by atoms with Crippen molar-refractivity contribution in [2.24, 2.45) is 11.7 Å². The van der Waals surface area contributed by atoms with Gasteiger partial charge in [-0.25, -0.2) is 0 Å². The highest BCUT2D eigenvalue weighted by atomic mass is 32.2. The van der Waals surface area contributed by atoms with Crippen LogP contribution in [0, 0.1) is 5.92 Å². The lowest BCUT2D eigenvalue weighted by atomic mass is 9.69. The molecule has 2 saturated heterocycles. The third-order valence-corrected chi connectivity index (χ3v) is 6.89. The Labute approximate surface area is 109 Å². The van der Waals surface area contributed by atoms with E-state index in [0.717, 1.165) is 6.61 Å². The molecular formula is C14H25NOS. The van der Waals surface area contributed by atoms with Crippen LogP contribution in [0.3, 0.4) is 0 Å². The lowest BCUT2D eigenvalue weighted by Crippen LogP contribution is -2.54. The molecule has 0 aromatic heterocycles. The highest BCUT2D eigenvalue weighted by Crippen LogP contribution is 2.49. The molecule has 2 N–H and O–H groups in total. The molecule has 3 rings (SSSR count). The van der Waals surface area contributed by atoms with Crippen LogP contribution in [0.4, 0.5) is 0 Å². The molecule has 1 aliphatic carbocycles. The quantitative estimate of drug-likeness (QED) is 0.824. The van der Waals surface area contributed by atoms with Gasteiger partial charge >= 0.3 is 0 Å². The summed E-state index contributed by atoms with van der Waals surface area (Å²) in [4.78, 5) is 0. The molecule has 3 fully saturated rings. The summed E-state index contributed by atoms with van der Waals surface area (Å²) in [7, 11) is 0. The van der Waals surface area contributed by atoms with Crippen LogP contribution in [0.2, 0.25) is 0 Å². The van der Waals surface area contributed by atoms with E-state index in [1.54, 1.807) is 0 Å². The van der Waals surface area contributed by atoms with Crippen molar-refractivity contribution in [2.75, 3.05) is 12.4 Å². The SMILES string of the molecule is CC1(C(N)C2CCOC3(CCC3)C2)CCCS1. The molecule has 2 aliphatic heterocycles. The second-order valence-corrected chi connectivity index (χ2v) is 8.06. The summed E-state index contributed by atoms with van der Waals surface area (Å²) in [6, 6.07) is 0.372. The van der Waals surface area contributed by atoms with Crippen LogP contribution in [-0.2, 0) is 4.74 Å². The average Bonchev–Trinajstić information content (AvgIpc) is 2.75. The zero-order valence-corrected chi connectivity index (χ0v) is 11.7. The Morgan fingerprint density at radius 1 is 1.29 bits per heavy atom. The topological polar surface area (TPSA) is 35.2 Å². The Morgan fingerprint density at radius 2 is 2.12 bits per heavy atom. The van der Waals surface area contributed by atoms with Gasteiger partial charge in [0.2, 0.25) is 0 Å². The molecule has 0 aromatic rings. The maximum Gasteiger partial charge on any atom is 0.0685 e. The first-order valence-corrected chi connectivity index (χ1v) is 8.16. The highest BCUT2D eigenvalue weighted by molar-refractivity contribution is 8.00. The fourth-order valence-corrected chi connectivity index (χ4v) is 5.28. The molecule has 1 saturated carbocycles. The predicted octanol–water partition coefficient (Wildman–Crippen LogP) is 2.95. The van der Waals surface area contributed by atoms with E-state index in [1.807, 2.05) is 0 Å². The number of ether oxygens (including phenoxy) is 1. The summed E-state index contributed by atoms with van der Waals surface area (Å²) >= 11 is 2.11. The Kier molecular flexibility index (Phi) is 3.21. The van der Waals surface area contributed by atoms with Crippen LogP contribution >= 0.6 is 11.8 Å². The van der Waals surface area contributed by atoms with Gasteiger partial charge in [0, 0.05) is 17.4 Å². The number of nitrogens with two attached hydrogens (primary N) is 1. The van der Waals surface area contributed by atoms with Crippen LogP contribution in [0.15, 0.2) is 0 Å². The minimum absolute atomic E-state index is 0.250. The van der Waals surface area contributed by atoms with Gasteiger partial charge < -0.3 is 10.5 Å². The molecule has 0 radical (unpaired) electrons. The summed E-state index contributed by atoms with van der Waals surface area (Å²) in [6.45, 7) is 3.33. The largest absolute Gasteiger partial charge is 0.375 e. The molecular weight excluding hydrogens is 230 g/mol. The highest BCUT2D eigenvalue weighted by Gasteiger charge is 2.47. The van der Waals surface area contributed by atoms with Gasteiger partial charge in [-0.1, -0.05) is 0 Å². The number of rotatable bonds is 2. The second kappa shape index (κ2) is 4.43. The zero-order valence-electron chi connectivity index (χ0n) is 10.9. The van der Waals surface area contributed by atoms with Crippen molar-refractivity contribution in [3.63, 3.8) is 0 Å². The molecule has 3 heteroatoms. The number of hydrogen-bond donors (Lipinski definition) is 1. The van der Waals surface area contributed by atoms with Crippen LogP contribution in [-0.4, -0.2) is 28.7 Å². The average molecular weight is 255 g/mol. The van der Waals surface area contributed by atoms with Gasteiger partial charge in [-0.2, -0.15) is 11.8 Å². The molecule has 2 nitrogen and oxygen atoms in total. The molecule has 2 heterocycles. The normalized spacial score (nSPS) is 42.4. The van der Waals surface area contributed by atoms with E-state index < -0.39 is 0 Å². The monoisotopic (exact) mass is 255 g/mol. The second-order valence-electron chi connectivity index (χ2n) is 6.43. The molecule has 3 aliphatic rings. The van der Waals surface area contributed by atoms with Gasteiger partial charge in [0.1, 0.15) is 0 Å². The Balaban J connectivity index is 1.66. The fraction of sp³-hybridized carbons (Fsp3) is 1.00. The first kappa shape index (κ1) is 12.3. The van der Waals surface area contributed by atoms with Crippen LogP contribution < -0.4 is 5.73 Å². The predicted molar refractivity (Wildman–Crippen MR) is 73.3 cm³/mol. The number of hydrogen-bond acceptors (Lipinski definition) is 3. The first-order chi connectivity index (χ1) is 8.14. The van der Waals surface area contributed by atoms with Crippen molar-refractivity contribution in [2.45, 2.75) is 68.3 Å². The summed E-state index contributed by atoms with van der Waals surface area (Å²) < 4.78 is 6.36. The smallest absolute Gasteiger partial charge is 0.0685 e. The molecule has 98 valence electrons. The molecule has 0 bridgehead atoms. The van der Waals surface area contributed by atoms with E-state index in [-0.39, 0.29) is 5.60 Å². The Morgan fingerprint density at radius 3 is 2.71 bits per heavy atom. The third kappa shape index (κ3) is 2.15. The first-order valence-electron chi connectivity index (χ1n) is 7.17. The molecule has 17 heavy (non-hydrogen) atoms. The van der Waals surface area contributed by atoms with E-state index in [4.69, 9.17) is 10.5 Å². The fourth-order valence-electron chi connectivity index (χ4n) is 3.85. The lowest BCUT2D eigenvalue weighted by Gasteiger charge is -2.50. The van der Waals surface area contributed by atoms with E-state index >= 15 is 0 Å². The summed E-state index contributed by atoms with van der Waals surface area (Å²) in [5.41, 5.74) is 6.86. The Hall–Kier alpha value is 0.270. The van der Waals surface area contributed by atoms with E-state index in [1.165, 1.54) is 50.7 Å². The third-order valence-electron chi connectivity index (χ3n) is 5.26. The zero-order chi connectivity index (χ0) is 11.9.